The van der Waals surface area contributed by atoms with Gasteiger partial charge in [-0.3, -0.25) is 0 Å². The molecule has 1 aromatic rings. The molecule has 0 amide bonds. The van der Waals surface area contributed by atoms with E-state index in [1.807, 2.05) is 0 Å². The average Bonchev–Trinajstić information content (AvgIpc) is 2.48. The standard InChI is InChI=1S/C19H29N/c1-3-14-9-11-15(12-10-14)19(20-4-2)18-13-16-7-5-6-8-17(16)18/h5-8,14-15,18-20H,3-4,9-13H2,1-2H3. The molecule has 0 bridgehead atoms. The Morgan fingerprint density at radius 3 is 2.50 bits per heavy atom. The van der Waals surface area contributed by atoms with E-state index >= 15 is 0 Å². The van der Waals surface area contributed by atoms with Gasteiger partial charge in [0.05, 0.1) is 0 Å². The second kappa shape index (κ2) is 6.30. The van der Waals surface area contributed by atoms with Crippen molar-refractivity contribution in [1.29, 1.82) is 0 Å². The van der Waals surface area contributed by atoms with Crippen LogP contribution in [0.15, 0.2) is 24.3 Å². The average molecular weight is 271 g/mol. The molecular weight excluding hydrogens is 242 g/mol. The maximum atomic E-state index is 3.83. The Balaban J connectivity index is 1.68. The molecule has 0 spiro atoms. The minimum Gasteiger partial charge on any atom is -0.313 e. The maximum absolute atomic E-state index is 3.83. The Morgan fingerprint density at radius 2 is 1.85 bits per heavy atom. The minimum atomic E-state index is 0.715. The molecule has 1 fully saturated rings. The zero-order valence-corrected chi connectivity index (χ0v) is 13.1. The fourth-order valence-corrected chi connectivity index (χ4v) is 4.45. The first-order chi connectivity index (χ1) is 9.83. The zero-order chi connectivity index (χ0) is 13.9. The van der Waals surface area contributed by atoms with Crippen LogP contribution >= 0.6 is 0 Å². The van der Waals surface area contributed by atoms with E-state index in [1.165, 1.54) is 38.5 Å². The number of hydrogen-bond donors (Lipinski definition) is 1. The summed E-state index contributed by atoms with van der Waals surface area (Å²) < 4.78 is 0. The van der Waals surface area contributed by atoms with Gasteiger partial charge in [-0.25, -0.2) is 0 Å². The van der Waals surface area contributed by atoms with E-state index in [0.29, 0.717) is 6.04 Å². The van der Waals surface area contributed by atoms with Gasteiger partial charge < -0.3 is 5.32 Å². The Labute approximate surface area is 124 Å². The molecule has 2 aliphatic carbocycles. The number of likely N-dealkylation sites (N-methyl/N-ethyl adjacent to an activating group) is 1. The lowest BCUT2D eigenvalue weighted by Gasteiger charge is -2.43. The first kappa shape index (κ1) is 14.1. The molecule has 0 aromatic heterocycles. The highest BCUT2D eigenvalue weighted by Gasteiger charge is 2.37. The van der Waals surface area contributed by atoms with Crippen molar-refractivity contribution in [3.63, 3.8) is 0 Å². The van der Waals surface area contributed by atoms with E-state index < -0.39 is 0 Å². The van der Waals surface area contributed by atoms with Crippen LogP contribution in [0.5, 0.6) is 0 Å². The lowest BCUT2D eigenvalue weighted by Crippen LogP contribution is -2.46. The number of hydrogen-bond acceptors (Lipinski definition) is 1. The molecule has 0 saturated heterocycles. The van der Waals surface area contributed by atoms with Crippen LogP contribution in [0.2, 0.25) is 0 Å². The van der Waals surface area contributed by atoms with E-state index in [2.05, 4.69) is 43.4 Å². The lowest BCUT2D eigenvalue weighted by molar-refractivity contribution is 0.193. The van der Waals surface area contributed by atoms with Crippen LogP contribution in [0.4, 0.5) is 0 Å². The van der Waals surface area contributed by atoms with Gasteiger partial charge in [0.15, 0.2) is 0 Å². The normalized spacial score (nSPS) is 30.4. The highest BCUT2D eigenvalue weighted by atomic mass is 14.9. The largest absolute Gasteiger partial charge is 0.313 e. The number of rotatable bonds is 5. The third kappa shape index (κ3) is 2.65. The molecule has 1 saturated carbocycles. The molecule has 1 heteroatoms. The van der Waals surface area contributed by atoms with Gasteiger partial charge in [0.25, 0.3) is 0 Å². The molecule has 0 radical (unpaired) electrons. The summed E-state index contributed by atoms with van der Waals surface area (Å²) in [6, 6.07) is 9.77. The van der Waals surface area contributed by atoms with Gasteiger partial charge >= 0.3 is 0 Å². The van der Waals surface area contributed by atoms with Crippen molar-refractivity contribution in [3.8, 4) is 0 Å². The van der Waals surface area contributed by atoms with Gasteiger partial charge in [-0.05, 0) is 48.8 Å². The summed E-state index contributed by atoms with van der Waals surface area (Å²) in [5.41, 5.74) is 3.21. The van der Waals surface area contributed by atoms with E-state index in [1.54, 1.807) is 11.1 Å². The molecule has 2 aliphatic rings. The van der Waals surface area contributed by atoms with Gasteiger partial charge in [-0.15, -0.1) is 0 Å². The molecule has 2 unspecified atom stereocenters. The third-order valence-electron chi connectivity index (χ3n) is 5.74. The van der Waals surface area contributed by atoms with Gasteiger partial charge in [0.1, 0.15) is 0 Å². The predicted molar refractivity (Wildman–Crippen MR) is 86.1 cm³/mol. The van der Waals surface area contributed by atoms with E-state index in [-0.39, 0.29) is 0 Å². The van der Waals surface area contributed by atoms with Gasteiger partial charge in [-0.2, -0.15) is 0 Å². The summed E-state index contributed by atoms with van der Waals surface area (Å²) >= 11 is 0. The molecule has 1 aromatic carbocycles. The summed E-state index contributed by atoms with van der Waals surface area (Å²) in [5, 5.41) is 3.83. The van der Waals surface area contributed by atoms with Crippen LogP contribution in [0.25, 0.3) is 0 Å². The topological polar surface area (TPSA) is 12.0 Å². The molecule has 0 aliphatic heterocycles. The van der Waals surface area contributed by atoms with Crippen LogP contribution in [0.1, 0.15) is 63.0 Å². The SMILES string of the molecule is CCNC(C1CCC(CC)CC1)C1Cc2ccccc21. The molecule has 0 heterocycles. The quantitative estimate of drug-likeness (QED) is 0.830. The minimum absolute atomic E-state index is 0.715. The summed E-state index contributed by atoms with van der Waals surface area (Å²) in [6.45, 7) is 5.72. The second-order valence-electron chi connectivity index (χ2n) is 6.78. The number of fused-ring (bicyclic) bond motifs is 1. The monoisotopic (exact) mass is 271 g/mol. The summed E-state index contributed by atoms with van der Waals surface area (Å²) in [4.78, 5) is 0. The molecule has 1 nitrogen and oxygen atoms in total. The van der Waals surface area contributed by atoms with Crippen molar-refractivity contribution in [2.45, 2.75) is 64.3 Å². The Hall–Kier alpha value is -0.820. The van der Waals surface area contributed by atoms with E-state index in [4.69, 9.17) is 0 Å². The van der Waals surface area contributed by atoms with Crippen molar-refractivity contribution in [1.82, 2.24) is 5.32 Å². The Morgan fingerprint density at radius 1 is 1.10 bits per heavy atom. The van der Waals surface area contributed by atoms with Crippen LogP contribution in [-0.2, 0) is 6.42 Å². The fraction of sp³-hybridized carbons (Fsp3) is 0.684. The van der Waals surface area contributed by atoms with Crippen molar-refractivity contribution in [2.24, 2.45) is 11.8 Å². The Kier molecular flexibility index (Phi) is 4.45. The van der Waals surface area contributed by atoms with Crippen molar-refractivity contribution < 1.29 is 0 Å². The first-order valence-electron chi connectivity index (χ1n) is 8.64. The molecule has 1 N–H and O–H groups in total. The first-order valence-corrected chi connectivity index (χ1v) is 8.64. The number of benzene rings is 1. The molecule has 2 atom stereocenters. The fourth-order valence-electron chi connectivity index (χ4n) is 4.45. The van der Waals surface area contributed by atoms with Crippen LogP contribution < -0.4 is 5.32 Å². The van der Waals surface area contributed by atoms with Crippen LogP contribution in [-0.4, -0.2) is 12.6 Å². The van der Waals surface area contributed by atoms with Gasteiger partial charge in [-0.1, -0.05) is 57.4 Å². The van der Waals surface area contributed by atoms with E-state index in [9.17, 15) is 0 Å². The van der Waals surface area contributed by atoms with Crippen molar-refractivity contribution in [3.05, 3.63) is 35.4 Å². The summed E-state index contributed by atoms with van der Waals surface area (Å²) in [7, 11) is 0. The summed E-state index contributed by atoms with van der Waals surface area (Å²) in [6.07, 6.45) is 8.46. The van der Waals surface area contributed by atoms with Crippen molar-refractivity contribution in [2.75, 3.05) is 6.54 Å². The highest BCUT2D eigenvalue weighted by molar-refractivity contribution is 5.41. The molecular formula is C19H29N. The zero-order valence-electron chi connectivity index (χ0n) is 13.1. The predicted octanol–water partition coefficient (Wildman–Crippen LogP) is 4.52. The molecule has 20 heavy (non-hydrogen) atoms. The van der Waals surface area contributed by atoms with Gasteiger partial charge in [0, 0.05) is 12.0 Å². The van der Waals surface area contributed by atoms with Crippen LogP contribution in [0, 0.1) is 11.8 Å². The Bertz CT molecular complexity index is 431. The second-order valence-corrected chi connectivity index (χ2v) is 6.78. The maximum Gasteiger partial charge on any atom is 0.0167 e. The number of nitrogens with one attached hydrogen (secondary N) is 1. The lowest BCUT2D eigenvalue weighted by atomic mass is 9.66. The third-order valence-corrected chi connectivity index (χ3v) is 5.74. The molecule has 110 valence electrons. The smallest absolute Gasteiger partial charge is 0.0167 e. The van der Waals surface area contributed by atoms with E-state index in [0.717, 1.165) is 24.3 Å². The van der Waals surface area contributed by atoms with Crippen molar-refractivity contribution >= 4 is 0 Å². The van der Waals surface area contributed by atoms with Gasteiger partial charge in [0.2, 0.25) is 0 Å². The molecule has 3 rings (SSSR count). The van der Waals surface area contributed by atoms with Crippen LogP contribution in [0.3, 0.4) is 0 Å². The highest BCUT2D eigenvalue weighted by Crippen LogP contribution is 2.43. The summed E-state index contributed by atoms with van der Waals surface area (Å²) in [5.74, 6) is 2.67.